The minimum atomic E-state index is -1.45. The zero-order valence-electron chi connectivity index (χ0n) is 24.8. The van der Waals surface area contributed by atoms with Crippen molar-refractivity contribution in [1.29, 1.82) is 0 Å². The van der Waals surface area contributed by atoms with Crippen molar-refractivity contribution in [1.82, 2.24) is 20.9 Å². The third kappa shape index (κ3) is 10.5. The van der Waals surface area contributed by atoms with E-state index in [2.05, 4.69) is 25.9 Å². The van der Waals surface area contributed by atoms with E-state index in [1.165, 1.54) is 24.3 Å². The predicted molar refractivity (Wildman–Crippen MR) is 167 cm³/mol. The standard InChI is InChI=1S/C30H38N8O8/c31-20(14-25(40)41)26(42)36-22(6-3-11-34-30(32)33)27(43)37-23(13-17-15-35-21-5-2-1-4-19(17)21)28(44)38-24(29(45)46)12-16-7-9-18(39)10-8-16/h1-2,4-5,7-10,15,20,22-24,35,39H,3,6,11-14,31H2,(H,36,42)(H,37,43)(H,38,44)(H,40,41)(H,45,46)(H4,32,33,34). The normalized spacial score (nSPS) is 13.5. The SMILES string of the molecule is NC(N)=NCCCC(NC(=O)C(N)CC(=O)O)C(=O)NC(Cc1c[nH]c2ccccc12)C(=O)NC(Cc1ccc(O)cc1)C(=O)O. The van der Waals surface area contributed by atoms with Crippen LogP contribution in [0.15, 0.2) is 59.7 Å². The lowest BCUT2D eigenvalue weighted by molar-refractivity contribution is -0.142. The number of carboxylic acids is 2. The van der Waals surface area contributed by atoms with Crippen molar-refractivity contribution in [2.75, 3.05) is 6.54 Å². The number of guanidine groups is 1. The van der Waals surface area contributed by atoms with Gasteiger partial charge in [-0.1, -0.05) is 30.3 Å². The Morgan fingerprint density at radius 3 is 2.11 bits per heavy atom. The highest BCUT2D eigenvalue weighted by Crippen LogP contribution is 2.20. The second-order valence-electron chi connectivity index (χ2n) is 10.6. The Balaban J connectivity index is 1.87. The summed E-state index contributed by atoms with van der Waals surface area (Å²) < 4.78 is 0. The molecule has 1 heterocycles. The van der Waals surface area contributed by atoms with E-state index in [4.69, 9.17) is 22.3 Å². The molecule has 46 heavy (non-hydrogen) atoms. The molecule has 0 aliphatic rings. The molecule has 0 saturated heterocycles. The third-order valence-electron chi connectivity index (χ3n) is 7.03. The van der Waals surface area contributed by atoms with Crippen LogP contribution in [0.3, 0.4) is 0 Å². The molecule has 3 amide bonds. The number of H-pyrrole nitrogens is 1. The summed E-state index contributed by atoms with van der Waals surface area (Å²) in [5, 5.41) is 36.8. The number of phenolic OH excluding ortho intramolecular Hbond substituents is 1. The molecule has 4 unspecified atom stereocenters. The molecule has 0 radical (unpaired) electrons. The lowest BCUT2D eigenvalue weighted by Crippen LogP contribution is -2.58. The number of fused-ring (bicyclic) bond motifs is 1. The predicted octanol–water partition coefficient (Wildman–Crippen LogP) is -0.947. The fourth-order valence-corrected chi connectivity index (χ4v) is 4.67. The fraction of sp³-hybridized carbons (Fsp3) is 0.333. The number of para-hydroxylation sites is 1. The van der Waals surface area contributed by atoms with E-state index < -0.39 is 60.2 Å². The Morgan fingerprint density at radius 2 is 1.46 bits per heavy atom. The molecular formula is C30H38N8O8. The van der Waals surface area contributed by atoms with Gasteiger partial charge in [0.2, 0.25) is 17.7 Å². The number of nitrogens with two attached hydrogens (primary N) is 3. The van der Waals surface area contributed by atoms with Crippen LogP contribution in [0.5, 0.6) is 5.75 Å². The second kappa shape index (κ2) is 16.4. The number of carbonyl (C=O) groups excluding carboxylic acids is 3. The number of benzene rings is 2. The van der Waals surface area contributed by atoms with E-state index in [0.29, 0.717) is 11.1 Å². The number of aromatic hydroxyl groups is 1. The third-order valence-corrected chi connectivity index (χ3v) is 7.03. The maximum Gasteiger partial charge on any atom is 0.326 e. The van der Waals surface area contributed by atoms with Gasteiger partial charge in [-0.05, 0) is 42.2 Å². The van der Waals surface area contributed by atoms with Crippen molar-refractivity contribution in [3.05, 3.63) is 65.9 Å². The summed E-state index contributed by atoms with van der Waals surface area (Å²) in [5.41, 5.74) is 18.4. The van der Waals surface area contributed by atoms with E-state index in [9.17, 15) is 34.2 Å². The number of carboxylic acid groups (broad SMARTS) is 2. The summed E-state index contributed by atoms with van der Waals surface area (Å²) in [6.45, 7) is 0.111. The van der Waals surface area contributed by atoms with Gasteiger partial charge < -0.3 is 53.5 Å². The number of carbonyl (C=O) groups is 5. The maximum absolute atomic E-state index is 13.7. The number of nitrogens with zero attached hydrogens (tertiary/aromatic N) is 1. The van der Waals surface area contributed by atoms with Gasteiger partial charge in [0.25, 0.3) is 0 Å². The lowest BCUT2D eigenvalue weighted by Gasteiger charge is -2.25. The van der Waals surface area contributed by atoms with Crippen LogP contribution in [0.25, 0.3) is 10.9 Å². The van der Waals surface area contributed by atoms with Crippen LogP contribution in [-0.4, -0.2) is 86.6 Å². The number of rotatable bonds is 17. The molecule has 16 heteroatoms. The number of aliphatic imine (C=N–C) groups is 1. The average molecular weight is 639 g/mol. The summed E-state index contributed by atoms with van der Waals surface area (Å²) >= 11 is 0. The number of aliphatic carboxylic acids is 2. The van der Waals surface area contributed by atoms with Crippen molar-refractivity contribution in [2.45, 2.75) is 56.3 Å². The number of amides is 3. The molecule has 0 spiro atoms. The molecule has 2 aromatic carbocycles. The summed E-state index contributed by atoms with van der Waals surface area (Å²) in [6.07, 6.45) is 1.03. The van der Waals surface area contributed by atoms with Crippen LogP contribution in [0.4, 0.5) is 0 Å². The van der Waals surface area contributed by atoms with Crippen LogP contribution >= 0.6 is 0 Å². The van der Waals surface area contributed by atoms with Crippen molar-refractivity contribution in [2.24, 2.45) is 22.2 Å². The molecule has 3 rings (SSSR count). The van der Waals surface area contributed by atoms with Gasteiger partial charge in [-0.25, -0.2) is 4.79 Å². The van der Waals surface area contributed by atoms with Crippen LogP contribution in [0.2, 0.25) is 0 Å². The van der Waals surface area contributed by atoms with Crippen molar-refractivity contribution >= 4 is 46.5 Å². The summed E-state index contributed by atoms with van der Waals surface area (Å²) in [7, 11) is 0. The quantitative estimate of drug-likeness (QED) is 0.0488. The second-order valence-corrected chi connectivity index (χ2v) is 10.6. The first-order chi connectivity index (χ1) is 21.8. The van der Waals surface area contributed by atoms with Crippen LogP contribution in [0, 0.1) is 0 Å². The number of hydrogen-bond donors (Lipinski definition) is 10. The van der Waals surface area contributed by atoms with Gasteiger partial charge in [0.1, 0.15) is 23.9 Å². The molecule has 13 N–H and O–H groups in total. The first-order valence-corrected chi connectivity index (χ1v) is 14.3. The molecule has 0 bridgehead atoms. The smallest absolute Gasteiger partial charge is 0.326 e. The summed E-state index contributed by atoms with van der Waals surface area (Å²) in [5.74, 6) is -5.33. The van der Waals surface area contributed by atoms with E-state index >= 15 is 0 Å². The number of nitrogens with one attached hydrogen (secondary N) is 4. The topological polar surface area (TPSA) is 288 Å². The molecule has 246 valence electrons. The van der Waals surface area contributed by atoms with E-state index in [0.717, 1.165) is 10.9 Å². The molecule has 1 aromatic heterocycles. The molecule has 16 nitrogen and oxygen atoms in total. The fourth-order valence-electron chi connectivity index (χ4n) is 4.67. The molecule has 0 aliphatic heterocycles. The Hall–Kier alpha value is -5.64. The Labute approximate surface area is 263 Å². The maximum atomic E-state index is 13.7. The molecule has 0 fully saturated rings. The van der Waals surface area contributed by atoms with Crippen molar-refractivity contribution < 1.29 is 39.3 Å². The van der Waals surface area contributed by atoms with Crippen LogP contribution in [0.1, 0.15) is 30.4 Å². The molecule has 3 aromatic rings. The monoisotopic (exact) mass is 638 g/mol. The molecule has 0 saturated carbocycles. The highest BCUT2D eigenvalue weighted by Gasteiger charge is 2.31. The van der Waals surface area contributed by atoms with Crippen LogP contribution < -0.4 is 33.2 Å². The highest BCUT2D eigenvalue weighted by atomic mass is 16.4. The minimum absolute atomic E-state index is 0.00578. The molecule has 4 atom stereocenters. The van der Waals surface area contributed by atoms with Gasteiger partial charge in [0.05, 0.1) is 12.5 Å². The summed E-state index contributed by atoms with van der Waals surface area (Å²) in [4.78, 5) is 70.0. The van der Waals surface area contributed by atoms with E-state index in [1.807, 2.05) is 18.2 Å². The number of aromatic amines is 1. The average Bonchev–Trinajstić information content (AvgIpc) is 3.40. The van der Waals surface area contributed by atoms with Gasteiger partial charge in [-0.2, -0.15) is 0 Å². The van der Waals surface area contributed by atoms with E-state index in [1.54, 1.807) is 12.3 Å². The Bertz CT molecular complexity index is 1570. The first kappa shape index (κ1) is 34.8. The van der Waals surface area contributed by atoms with Gasteiger partial charge in [0, 0.05) is 36.5 Å². The van der Waals surface area contributed by atoms with Crippen molar-refractivity contribution in [3.63, 3.8) is 0 Å². The van der Waals surface area contributed by atoms with Gasteiger partial charge in [-0.3, -0.25) is 24.2 Å². The Kier molecular flexibility index (Phi) is 12.5. The zero-order chi connectivity index (χ0) is 33.8. The van der Waals surface area contributed by atoms with E-state index in [-0.39, 0.29) is 43.9 Å². The van der Waals surface area contributed by atoms with Gasteiger partial charge in [-0.15, -0.1) is 0 Å². The number of phenols is 1. The largest absolute Gasteiger partial charge is 0.508 e. The Morgan fingerprint density at radius 1 is 0.826 bits per heavy atom. The minimum Gasteiger partial charge on any atom is -0.508 e. The zero-order valence-corrected chi connectivity index (χ0v) is 24.8. The van der Waals surface area contributed by atoms with Crippen molar-refractivity contribution in [3.8, 4) is 5.75 Å². The number of aromatic nitrogens is 1. The van der Waals surface area contributed by atoms with Gasteiger partial charge >= 0.3 is 11.9 Å². The lowest BCUT2D eigenvalue weighted by atomic mass is 10.0. The molecular weight excluding hydrogens is 600 g/mol. The first-order valence-electron chi connectivity index (χ1n) is 14.3. The van der Waals surface area contributed by atoms with Gasteiger partial charge in [0.15, 0.2) is 5.96 Å². The highest BCUT2D eigenvalue weighted by molar-refractivity contribution is 5.95. The number of hydrogen-bond acceptors (Lipinski definition) is 8. The van der Waals surface area contributed by atoms with Crippen LogP contribution in [-0.2, 0) is 36.8 Å². The summed E-state index contributed by atoms with van der Waals surface area (Å²) in [6, 6.07) is 7.67. The molecule has 0 aliphatic carbocycles.